The second-order valence-corrected chi connectivity index (χ2v) is 8.89. The van der Waals surface area contributed by atoms with E-state index in [9.17, 15) is 0 Å². The summed E-state index contributed by atoms with van der Waals surface area (Å²) in [7, 11) is 3.62. The van der Waals surface area contributed by atoms with Crippen molar-refractivity contribution in [2.75, 3.05) is 43.5 Å². The van der Waals surface area contributed by atoms with Gasteiger partial charge in [0.15, 0.2) is 5.65 Å². The maximum atomic E-state index is 5.26. The zero-order chi connectivity index (χ0) is 21.9. The summed E-state index contributed by atoms with van der Waals surface area (Å²) in [6, 6.07) is 8.87. The molecule has 0 unspecified atom stereocenters. The van der Waals surface area contributed by atoms with Crippen LogP contribution in [0.2, 0.25) is 0 Å². The van der Waals surface area contributed by atoms with Gasteiger partial charge >= 0.3 is 0 Å². The van der Waals surface area contributed by atoms with Crippen molar-refractivity contribution in [2.45, 2.75) is 44.7 Å². The van der Waals surface area contributed by atoms with Crippen molar-refractivity contribution >= 4 is 22.8 Å². The summed E-state index contributed by atoms with van der Waals surface area (Å²) >= 11 is 0. The van der Waals surface area contributed by atoms with Gasteiger partial charge in [0.05, 0.1) is 18.7 Å². The molecule has 0 atom stereocenters. The summed E-state index contributed by atoms with van der Waals surface area (Å²) in [6.45, 7) is 4.80. The Labute approximate surface area is 189 Å². The van der Waals surface area contributed by atoms with E-state index in [1.54, 1.807) is 7.11 Å². The summed E-state index contributed by atoms with van der Waals surface area (Å²) in [5.41, 5.74) is 2.03. The minimum atomic E-state index is 0.680. The largest absolute Gasteiger partial charge is 0.497 e. The molecule has 8 heteroatoms. The van der Waals surface area contributed by atoms with Gasteiger partial charge in [-0.25, -0.2) is 0 Å². The van der Waals surface area contributed by atoms with Crippen LogP contribution in [0.15, 0.2) is 30.5 Å². The lowest BCUT2D eigenvalue weighted by Gasteiger charge is -2.40. The predicted octanol–water partition coefficient (Wildman–Crippen LogP) is 3.44. The van der Waals surface area contributed by atoms with Gasteiger partial charge in [0.2, 0.25) is 5.95 Å². The molecular weight excluding hydrogens is 402 g/mol. The van der Waals surface area contributed by atoms with Crippen LogP contribution in [0.5, 0.6) is 5.75 Å². The molecule has 0 spiro atoms. The number of hydrogen-bond donors (Lipinski definition) is 1. The van der Waals surface area contributed by atoms with Crippen LogP contribution in [-0.2, 0) is 13.6 Å². The number of anilines is 2. The van der Waals surface area contributed by atoms with Gasteiger partial charge in [0.25, 0.3) is 0 Å². The highest BCUT2D eigenvalue weighted by Gasteiger charge is 2.26. The zero-order valence-corrected chi connectivity index (χ0v) is 19.1. The Kier molecular flexibility index (Phi) is 6.12. The van der Waals surface area contributed by atoms with Crippen molar-refractivity contribution in [3.05, 3.63) is 36.0 Å². The van der Waals surface area contributed by atoms with E-state index in [1.165, 1.54) is 37.7 Å². The maximum absolute atomic E-state index is 5.26. The number of hydrogen-bond acceptors (Lipinski definition) is 7. The summed E-state index contributed by atoms with van der Waals surface area (Å²) < 4.78 is 7.09. The number of benzene rings is 1. The molecule has 2 aliphatic rings. The maximum Gasteiger partial charge on any atom is 0.229 e. The number of nitrogens with zero attached hydrogens (tertiary/aromatic N) is 6. The van der Waals surface area contributed by atoms with Crippen LogP contribution in [0.1, 0.15) is 37.7 Å². The smallest absolute Gasteiger partial charge is 0.229 e. The Bertz CT molecular complexity index is 1030. The molecule has 1 saturated carbocycles. The Balaban J connectivity index is 1.32. The molecule has 2 fully saturated rings. The third kappa shape index (κ3) is 4.37. The highest BCUT2D eigenvalue weighted by molar-refractivity contribution is 5.87. The number of aromatic nitrogens is 4. The van der Waals surface area contributed by atoms with E-state index in [0.717, 1.165) is 60.8 Å². The number of ether oxygens (including phenoxy) is 1. The van der Waals surface area contributed by atoms with E-state index < -0.39 is 0 Å². The van der Waals surface area contributed by atoms with Crippen LogP contribution < -0.4 is 15.0 Å². The average molecular weight is 436 g/mol. The summed E-state index contributed by atoms with van der Waals surface area (Å²) in [6.07, 6.45) is 8.73. The summed E-state index contributed by atoms with van der Waals surface area (Å²) in [4.78, 5) is 14.8. The normalized spacial score (nSPS) is 18.2. The Hall–Kier alpha value is -2.87. The molecular formula is C24H33N7O. The molecule has 1 aliphatic carbocycles. The van der Waals surface area contributed by atoms with E-state index in [0.29, 0.717) is 6.54 Å². The molecule has 0 bridgehead atoms. The van der Waals surface area contributed by atoms with Gasteiger partial charge in [-0.2, -0.15) is 15.1 Å². The standard InChI is InChI=1S/C24H33N7O/c1-29-23-21(17-26-29)22(25-16-18-8-10-20(32-2)11-9-18)27-24(28-23)31-14-12-30(13-15-31)19-6-4-3-5-7-19/h8-11,17,19H,3-7,12-16H2,1-2H3,(H,25,27,28). The van der Waals surface area contributed by atoms with Crippen molar-refractivity contribution in [1.29, 1.82) is 0 Å². The van der Waals surface area contributed by atoms with Crippen LogP contribution >= 0.6 is 0 Å². The van der Waals surface area contributed by atoms with E-state index in [-0.39, 0.29) is 0 Å². The van der Waals surface area contributed by atoms with Gasteiger partial charge in [0.1, 0.15) is 11.6 Å². The first-order chi connectivity index (χ1) is 15.7. The number of methoxy groups -OCH3 is 1. The van der Waals surface area contributed by atoms with E-state index in [1.807, 2.05) is 30.1 Å². The fourth-order valence-corrected chi connectivity index (χ4v) is 4.95. The van der Waals surface area contributed by atoms with Gasteiger partial charge in [-0.1, -0.05) is 31.4 Å². The van der Waals surface area contributed by atoms with Gasteiger partial charge in [-0.3, -0.25) is 9.58 Å². The first-order valence-electron chi connectivity index (χ1n) is 11.8. The topological polar surface area (TPSA) is 71.3 Å². The molecule has 1 aromatic carbocycles. The fourth-order valence-electron chi connectivity index (χ4n) is 4.95. The predicted molar refractivity (Wildman–Crippen MR) is 127 cm³/mol. The zero-order valence-electron chi connectivity index (χ0n) is 19.1. The molecule has 8 nitrogen and oxygen atoms in total. The Morgan fingerprint density at radius 1 is 1.00 bits per heavy atom. The van der Waals surface area contributed by atoms with E-state index in [4.69, 9.17) is 14.7 Å². The van der Waals surface area contributed by atoms with Gasteiger partial charge in [-0.05, 0) is 30.5 Å². The van der Waals surface area contributed by atoms with Crippen molar-refractivity contribution < 1.29 is 4.74 Å². The molecule has 3 heterocycles. The molecule has 1 saturated heterocycles. The fraction of sp³-hybridized carbons (Fsp3) is 0.542. The quantitative estimate of drug-likeness (QED) is 0.636. The molecule has 0 radical (unpaired) electrons. The van der Waals surface area contributed by atoms with Crippen molar-refractivity contribution in [3.8, 4) is 5.75 Å². The Morgan fingerprint density at radius 2 is 1.75 bits per heavy atom. The summed E-state index contributed by atoms with van der Waals surface area (Å²) in [5, 5.41) is 8.89. The molecule has 1 aliphatic heterocycles. The molecule has 1 N–H and O–H groups in total. The lowest BCUT2D eigenvalue weighted by atomic mass is 9.94. The minimum Gasteiger partial charge on any atom is -0.497 e. The van der Waals surface area contributed by atoms with Crippen molar-refractivity contribution in [3.63, 3.8) is 0 Å². The number of piperazine rings is 1. The third-order valence-electron chi connectivity index (χ3n) is 6.89. The van der Waals surface area contributed by atoms with E-state index in [2.05, 4.69) is 32.3 Å². The first kappa shape index (κ1) is 21.0. The molecule has 32 heavy (non-hydrogen) atoms. The van der Waals surface area contributed by atoms with Crippen LogP contribution in [0.4, 0.5) is 11.8 Å². The number of nitrogens with one attached hydrogen (secondary N) is 1. The highest BCUT2D eigenvalue weighted by Crippen LogP contribution is 2.27. The van der Waals surface area contributed by atoms with Crippen LogP contribution in [0.25, 0.3) is 11.0 Å². The molecule has 3 aromatic rings. The lowest BCUT2D eigenvalue weighted by molar-refractivity contribution is 0.147. The molecule has 5 rings (SSSR count). The number of aryl methyl sites for hydroxylation is 1. The molecule has 170 valence electrons. The average Bonchev–Trinajstić information content (AvgIpc) is 3.24. The van der Waals surface area contributed by atoms with Gasteiger partial charge in [0, 0.05) is 45.8 Å². The SMILES string of the molecule is COc1ccc(CNc2nc(N3CCN(C4CCCCC4)CC3)nc3c2cnn3C)cc1. The second kappa shape index (κ2) is 9.32. The van der Waals surface area contributed by atoms with Crippen molar-refractivity contribution in [2.24, 2.45) is 7.05 Å². The van der Waals surface area contributed by atoms with Crippen molar-refractivity contribution in [1.82, 2.24) is 24.6 Å². The van der Waals surface area contributed by atoms with Crippen LogP contribution in [0, 0.1) is 0 Å². The Morgan fingerprint density at radius 3 is 2.47 bits per heavy atom. The van der Waals surface area contributed by atoms with Crippen LogP contribution in [0.3, 0.4) is 0 Å². The molecule has 2 aromatic heterocycles. The monoisotopic (exact) mass is 435 g/mol. The highest BCUT2D eigenvalue weighted by atomic mass is 16.5. The molecule has 0 amide bonds. The van der Waals surface area contributed by atoms with Gasteiger partial charge in [-0.15, -0.1) is 0 Å². The summed E-state index contributed by atoms with van der Waals surface area (Å²) in [5.74, 6) is 2.49. The second-order valence-electron chi connectivity index (χ2n) is 8.89. The number of fused-ring (bicyclic) bond motifs is 1. The van der Waals surface area contributed by atoms with E-state index >= 15 is 0 Å². The third-order valence-corrected chi connectivity index (χ3v) is 6.89. The van der Waals surface area contributed by atoms with Crippen LogP contribution in [-0.4, -0.2) is 64.0 Å². The minimum absolute atomic E-state index is 0.680. The lowest BCUT2D eigenvalue weighted by Crippen LogP contribution is -2.51. The first-order valence-corrected chi connectivity index (χ1v) is 11.8. The van der Waals surface area contributed by atoms with Gasteiger partial charge < -0.3 is 15.0 Å². The number of rotatable bonds is 6.